The lowest BCUT2D eigenvalue weighted by Crippen LogP contribution is -2.50. The highest BCUT2D eigenvalue weighted by molar-refractivity contribution is 5.90. The molecule has 1 aromatic carbocycles. The van der Waals surface area contributed by atoms with Crippen molar-refractivity contribution in [1.82, 2.24) is 14.9 Å². The Morgan fingerprint density at radius 3 is 2.77 bits per heavy atom. The first-order valence-corrected chi connectivity index (χ1v) is 9.22. The van der Waals surface area contributed by atoms with Crippen LogP contribution < -0.4 is 11.3 Å². The summed E-state index contributed by atoms with van der Waals surface area (Å²) >= 11 is 0. The molecule has 1 saturated heterocycles. The van der Waals surface area contributed by atoms with E-state index in [1.165, 1.54) is 17.2 Å². The number of rotatable bonds is 3. The summed E-state index contributed by atoms with van der Waals surface area (Å²) in [6.07, 6.45) is 3.72. The summed E-state index contributed by atoms with van der Waals surface area (Å²) in [6, 6.07) is 9.71. The van der Waals surface area contributed by atoms with E-state index in [1.807, 2.05) is 17.0 Å². The van der Waals surface area contributed by atoms with Crippen LogP contribution in [0.5, 0.6) is 0 Å². The minimum absolute atomic E-state index is 0.0672. The number of nitrogen functional groups attached to an aromatic ring is 1. The number of likely N-dealkylation sites (tertiary alicyclic amines) is 1. The highest BCUT2D eigenvalue weighted by Crippen LogP contribution is 2.47. The van der Waals surface area contributed by atoms with Crippen molar-refractivity contribution in [3.63, 3.8) is 0 Å². The van der Waals surface area contributed by atoms with Crippen LogP contribution in [0.4, 0.5) is 5.95 Å². The molecule has 1 unspecified atom stereocenters. The molecule has 2 aromatic rings. The van der Waals surface area contributed by atoms with Crippen LogP contribution in [-0.2, 0) is 10.2 Å². The van der Waals surface area contributed by atoms with Crippen molar-refractivity contribution < 1.29 is 4.79 Å². The number of aryl methyl sites for hydroxylation is 1. The Balaban J connectivity index is 1.57. The topological polar surface area (TPSA) is 92.1 Å². The van der Waals surface area contributed by atoms with Gasteiger partial charge in [0.2, 0.25) is 11.9 Å². The van der Waals surface area contributed by atoms with Crippen LogP contribution in [0.3, 0.4) is 0 Å². The molecule has 1 saturated carbocycles. The summed E-state index contributed by atoms with van der Waals surface area (Å²) in [6.45, 7) is 3.38. The van der Waals surface area contributed by atoms with E-state index < -0.39 is 0 Å². The zero-order chi connectivity index (χ0) is 18.3. The summed E-state index contributed by atoms with van der Waals surface area (Å²) in [4.78, 5) is 33.8. The van der Waals surface area contributed by atoms with Crippen LogP contribution in [0.2, 0.25) is 0 Å². The van der Waals surface area contributed by atoms with Gasteiger partial charge in [-0.25, -0.2) is 4.98 Å². The second kappa shape index (κ2) is 6.27. The quantitative estimate of drug-likeness (QED) is 0.885. The number of nitrogens with zero attached hydrogens (tertiary/aromatic N) is 2. The number of carbonyl (C=O) groups excluding carboxylic acids is 1. The number of nitrogens with two attached hydrogens (primary N) is 1. The standard InChI is InChI=1S/C20H24N4O2/c1-13-5-2-3-6-15(13)20(8-4-9-20)18(26)24-10-7-14(12-24)16-11-17(25)23-19(21)22-16/h2-3,5-6,11,14H,4,7-10,12H2,1H3,(H3,21,22,23,25). The number of amides is 1. The van der Waals surface area contributed by atoms with Gasteiger partial charge in [0, 0.05) is 25.1 Å². The first-order chi connectivity index (χ1) is 12.5. The first kappa shape index (κ1) is 16.8. The largest absolute Gasteiger partial charge is 0.369 e. The van der Waals surface area contributed by atoms with Crippen LogP contribution in [0.1, 0.15) is 48.4 Å². The number of benzene rings is 1. The number of aromatic amines is 1. The molecule has 1 aliphatic carbocycles. The van der Waals surface area contributed by atoms with Gasteiger partial charge < -0.3 is 10.6 Å². The normalized spacial score (nSPS) is 21.4. The third-order valence-corrected chi connectivity index (χ3v) is 5.95. The van der Waals surface area contributed by atoms with Crippen molar-refractivity contribution >= 4 is 11.9 Å². The minimum Gasteiger partial charge on any atom is -0.369 e. The number of carbonyl (C=O) groups is 1. The predicted octanol–water partition coefficient (Wildman–Crippen LogP) is 2.10. The number of H-pyrrole nitrogens is 1. The lowest BCUT2D eigenvalue weighted by atomic mass is 9.62. The molecule has 0 spiro atoms. The van der Waals surface area contributed by atoms with E-state index >= 15 is 0 Å². The second-order valence-electron chi connectivity index (χ2n) is 7.54. The van der Waals surface area contributed by atoms with E-state index in [9.17, 15) is 9.59 Å². The number of hydrogen-bond acceptors (Lipinski definition) is 4. The lowest BCUT2D eigenvalue weighted by molar-refractivity contribution is -0.139. The molecule has 4 rings (SSSR count). The molecule has 6 heteroatoms. The van der Waals surface area contributed by atoms with Crippen LogP contribution in [0, 0.1) is 6.92 Å². The lowest BCUT2D eigenvalue weighted by Gasteiger charge is -2.44. The molecule has 2 fully saturated rings. The Kier molecular flexibility index (Phi) is 4.05. The van der Waals surface area contributed by atoms with Crippen LogP contribution in [-0.4, -0.2) is 33.9 Å². The fourth-order valence-electron chi connectivity index (χ4n) is 4.43. The number of anilines is 1. The second-order valence-corrected chi connectivity index (χ2v) is 7.54. The van der Waals surface area contributed by atoms with E-state index in [2.05, 4.69) is 29.0 Å². The smallest absolute Gasteiger partial charge is 0.252 e. The molecule has 6 nitrogen and oxygen atoms in total. The predicted molar refractivity (Wildman–Crippen MR) is 99.9 cm³/mol. The fourth-order valence-corrected chi connectivity index (χ4v) is 4.43. The summed E-state index contributed by atoms with van der Waals surface area (Å²) < 4.78 is 0. The van der Waals surface area contributed by atoms with Crippen molar-refractivity contribution in [3.8, 4) is 0 Å². The van der Waals surface area contributed by atoms with Gasteiger partial charge in [0.15, 0.2) is 0 Å². The number of hydrogen-bond donors (Lipinski definition) is 2. The average Bonchev–Trinajstić information content (AvgIpc) is 3.04. The Morgan fingerprint density at radius 2 is 2.12 bits per heavy atom. The zero-order valence-corrected chi connectivity index (χ0v) is 15.0. The zero-order valence-electron chi connectivity index (χ0n) is 15.0. The summed E-state index contributed by atoms with van der Waals surface area (Å²) in [7, 11) is 0. The molecule has 2 heterocycles. The van der Waals surface area contributed by atoms with Crippen LogP contribution >= 0.6 is 0 Å². The molecular formula is C20H24N4O2. The van der Waals surface area contributed by atoms with Crippen LogP contribution in [0.25, 0.3) is 0 Å². The highest BCUT2D eigenvalue weighted by Gasteiger charge is 2.49. The SMILES string of the molecule is Cc1ccccc1C1(C(=O)N2CCC(c3cc(=O)[nH]c(N)n3)C2)CCC1. The molecule has 3 N–H and O–H groups in total. The molecule has 136 valence electrons. The Morgan fingerprint density at radius 1 is 1.35 bits per heavy atom. The number of aromatic nitrogens is 2. The monoisotopic (exact) mass is 352 g/mol. The van der Waals surface area contributed by atoms with Gasteiger partial charge in [-0.05, 0) is 37.3 Å². The van der Waals surface area contributed by atoms with E-state index in [0.717, 1.165) is 25.7 Å². The van der Waals surface area contributed by atoms with Crippen molar-refractivity contribution in [2.75, 3.05) is 18.8 Å². The van der Waals surface area contributed by atoms with Gasteiger partial charge in [-0.1, -0.05) is 30.7 Å². The molecule has 2 aliphatic rings. The third-order valence-electron chi connectivity index (χ3n) is 5.95. The Bertz CT molecular complexity index is 901. The van der Waals surface area contributed by atoms with E-state index in [0.29, 0.717) is 18.8 Å². The van der Waals surface area contributed by atoms with E-state index in [1.54, 1.807) is 0 Å². The van der Waals surface area contributed by atoms with Crippen molar-refractivity contribution in [3.05, 3.63) is 57.5 Å². The molecule has 1 atom stereocenters. The first-order valence-electron chi connectivity index (χ1n) is 9.22. The molecule has 1 aliphatic heterocycles. The molecular weight excluding hydrogens is 328 g/mol. The number of nitrogens with one attached hydrogen (secondary N) is 1. The maximum atomic E-state index is 13.4. The van der Waals surface area contributed by atoms with E-state index in [4.69, 9.17) is 5.73 Å². The Labute approximate surface area is 152 Å². The molecule has 26 heavy (non-hydrogen) atoms. The minimum atomic E-state index is -0.374. The van der Waals surface area contributed by atoms with Gasteiger partial charge in [-0.3, -0.25) is 14.6 Å². The van der Waals surface area contributed by atoms with Gasteiger partial charge in [-0.15, -0.1) is 0 Å². The van der Waals surface area contributed by atoms with Crippen LogP contribution in [0.15, 0.2) is 35.1 Å². The maximum absolute atomic E-state index is 13.4. The highest BCUT2D eigenvalue weighted by atomic mass is 16.2. The molecule has 1 aromatic heterocycles. The molecule has 0 radical (unpaired) electrons. The summed E-state index contributed by atoms with van der Waals surface area (Å²) in [5, 5.41) is 0. The van der Waals surface area contributed by atoms with Gasteiger partial charge in [-0.2, -0.15) is 0 Å². The summed E-state index contributed by atoms with van der Waals surface area (Å²) in [5.41, 5.74) is 8.08. The third kappa shape index (κ3) is 2.69. The van der Waals surface area contributed by atoms with Gasteiger partial charge in [0.1, 0.15) is 0 Å². The van der Waals surface area contributed by atoms with Gasteiger partial charge in [0.05, 0.1) is 11.1 Å². The van der Waals surface area contributed by atoms with Crippen molar-refractivity contribution in [2.45, 2.75) is 43.9 Å². The molecule has 0 bridgehead atoms. The van der Waals surface area contributed by atoms with Gasteiger partial charge >= 0.3 is 0 Å². The molecule has 1 amide bonds. The average molecular weight is 352 g/mol. The van der Waals surface area contributed by atoms with Gasteiger partial charge in [0.25, 0.3) is 5.56 Å². The maximum Gasteiger partial charge on any atom is 0.252 e. The van der Waals surface area contributed by atoms with Crippen molar-refractivity contribution in [2.24, 2.45) is 0 Å². The van der Waals surface area contributed by atoms with E-state index in [-0.39, 0.29) is 28.7 Å². The Hall–Kier alpha value is -2.63. The fraction of sp³-hybridized carbons (Fsp3) is 0.450. The van der Waals surface area contributed by atoms with Crippen molar-refractivity contribution in [1.29, 1.82) is 0 Å². The summed E-state index contributed by atoms with van der Waals surface area (Å²) in [5.74, 6) is 0.420.